The van der Waals surface area contributed by atoms with E-state index in [0.29, 0.717) is 25.7 Å². The highest BCUT2D eigenvalue weighted by Gasteiger charge is 2.24. The summed E-state index contributed by atoms with van der Waals surface area (Å²) >= 11 is 2.72. The number of nitrogens with one attached hydrogen (secondary N) is 3. The Labute approximate surface area is 243 Å². The van der Waals surface area contributed by atoms with Crippen molar-refractivity contribution >= 4 is 57.8 Å². The van der Waals surface area contributed by atoms with Gasteiger partial charge in [-0.05, 0) is 39.7 Å². The van der Waals surface area contributed by atoms with E-state index in [9.17, 15) is 28.8 Å². The Morgan fingerprint density at radius 2 is 1.41 bits per heavy atom. The number of amides is 3. The number of carbonyl (C=O) groups excluding carboxylic acids is 6. The maximum atomic E-state index is 12.6. The van der Waals surface area contributed by atoms with E-state index in [4.69, 9.17) is 0 Å². The zero-order chi connectivity index (χ0) is 30.1. The second-order valence-corrected chi connectivity index (χ2v) is 11.7. The first-order valence-corrected chi connectivity index (χ1v) is 15.7. The molecule has 3 amide bonds. The fourth-order valence-electron chi connectivity index (χ4n) is 3.35. The third-order valence-corrected chi connectivity index (χ3v) is 7.05. The summed E-state index contributed by atoms with van der Waals surface area (Å²) in [5, 5.41) is 8.30. The Balaban J connectivity index is 0. The van der Waals surface area contributed by atoms with E-state index in [-0.39, 0.29) is 35.1 Å². The molecule has 0 aliphatic carbocycles. The molecule has 0 aromatic heterocycles. The first-order chi connectivity index (χ1) is 18.5. The second-order valence-electron chi connectivity index (χ2n) is 9.13. The van der Waals surface area contributed by atoms with Crippen molar-refractivity contribution < 1.29 is 28.8 Å². The number of rotatable bonds is 20. The SMILES string of the molecule is CCCCCSC(C)=O.CCCN(CC(=O)NC(C=O)CCCCCSC(C)=O)C(=O)C(C)NC(=O)CNC. The summed E-state index contributed by atoms with van der Waals surface area (Å²) in [5.74, 6) is 0.701. The summed E-state index contributed by atoms with van der Waals surface area (Å²) in [6.45, 7) is 9.09. The minimum Gasteiger partial charge on any atom is -0.345 e. The number of unbranched alkanes of at least 4 members (excludes halogenated alkanes) is 4. The topological polar surface area (TPSA) is 142 Å². The lowest BCUT2D eigenvalue weighted by Gasteiger charge is -2.26. The van der Waals surface area contributed by atoms with Crippen LogP contribution in [0, 0.1) is 0 Å². The van der Waals surface area contributed by atoms with Crippen molar-refractivity contribution in [2.75, 3.05) is 38.2 Å². The first kappa shape index (κ1) is 39.2. The summed E-state index contributed by atoms with van der Waals surface area (Å²) in [7, 11) is 1.63. The van der Waals surface area contributed by atoms with E-state index >= 15 is 0 Å². The number of hydrogen-bond donors (Lipinski definition) is 3. The standard InChI is InChI=1S/C20H36N4O5S.C7H14OS/c1-5-10-24(20(29)15(2)22-18(27)12-21-4)13-19(28)23-17(14-25)9-7-6-8-11-30-16(3)26;1-3-4-5-6-9-7(2)8/h14-15,17,21H,5-13H2,1-4H3,(H,22,27)(H,23,28);3-6H2,1-2H3. The zero-order valence-electron chi connectivity index (χ0n) is 24.6. The fourth-order valence-corrected chi connectivity index (χ4v) is 4.62. The third kappa shape index (κ3) is 24.8. The molecule has 0 saturated heterocycles. The average molecular weight is 591 g/mol. The van der Waals surface area contributed by atoms with Gasteiger partial charge in [0.1, 0.15) is 12.3 Å². The smallest absolute Gasteiger partial charge is 0.245 e. The molecule has 2 atom stereocenters. The lowest BCUT2D eigenvalue weighted by atomic mass is 10.1. The van der Waals surface area contributed by atoms with Crippen LogP contribution < -0.4 is 16.0 Å². The van der Waals surface area contributed by atoms with E-state index in [0.717, 1.165) is 30.8 Å². The van der Waals surface area contributed by atoms with Crippen LogP contribution in [-0.4, -0.2) is 89.4 Å². The molecular formula is C27H50N4O6S2. The van der Waals surface area contributed by atoms with Crippen LogP contribution >= 0.6 is 23.5 Å². The number of hydrogen-bond acceptors (Lipinski definition) is 9. The monoisotopic (exact) mass is 590 g/mol. The number of likely N-dealkylation sites (N-methyl/N-ethyl adjacent to an activating group) is 1. The van der Waals surface area contributed by atoms with Crippen molar-refractivity contribution in [2.24, 2.45) is 0 Å². The summed E-state index contributed by atoms with van der Waals surface area (Å²) in [6, 6.07) is -1.36. The lowest BCUT2D eigenvalue weighted by Crippen LogP contribution is -2.52. The molecule has 10 nitrogen and oxygen atoms in total. The van der Waals surface area contributed by atoms with E-state index in [2.05, 4.69) is 22.9 Å². The van der Waals surface area contributed by atoms with E-state index < -0.39 is 18.0 Å². The van der Waals surface area contributed by atoms with Crippen molar-refractivity contribution in [3.63, 3.8) is 0 Å². The van der Waals surface area contributed by atoms with E-state index in [1.807, 2.05) is 6.92 Å². The predicted molar refractivity (Wildman–Crippen MR) is 161 cm³/mol. The van der Waals surface area contributed by atoms with Crippen molar-refractivity contribution in [1.29, 1.82) is 0 Å². The molecule has 0 heterocycles. The Hall–Kier alpha value is -1.92. The van der Waals surface area contributed by atoms with Gasteiger partial charge in [0.25, 0.3) is 0 Å². The minimum absolute atomic E-state index is 0.0927. The lowest BCUT2D eigenvalue weighted by molar-refractivity contribution is -0.139. The molecule has 0 aromatic carbocycles. The van der Waals surface area contributed by atoms with Gasteiger partial charge < -0.3 is 25.6 Å². The van der Waals surface area contributed by atoms with Gasteiger partial charge in [0.15, 0.2) is 10.2 Å². The fraction of sp³-hybridized carbons (Fsp3) is 0.778. The highest BCUT2D eigenvalue weighted by atomic mass is 32.2. The van der Waals surface area contributed by atoms with Crippen LogP contribution in [0.15, 0.2) is 0 Å². The molecule has 2 unspecified atom stereocenters. The van der Waals surface area contributed by atoms with Crippen LogP contribution in [0.4, 0.5) is 0 Å². The van der Waals surface area contributed by atoms with Crippen molar-refractivity contribution in [3.05, 3.63) is 0 Å². The van der Waals surface area contributed by atoms with Gasteiger partial charge in [-0.1, -0.05) is 63.1 Å². The maximum Gasteiger partial charge on any atom is 0.245 e. The van der Waals surface area contributed by atoms with Gasteiger partial charge in [-0.3, -0.25) is 24.0 Å². The quantitative estimate of drug-likeness (QED) is 0.144. The van der Waals surface area contributed by atoms with Crippen LogP contribution in [0.5, 0.6) is 0 Å². The average Bonchev–Trinajstić information content (AvgIpc) is 2.87. The highest BCUT2D eigenvalue weighted by molar-refractivity contribution is 8.13. The molecule has 226 valence electrons. The molecule has 0 fully saturated rings. The highest BCUT2D eigenvalue weighted by Crippen LogP contribution is 2.09. The molecule has 3 N–H and O–H groups in total. The number of aldehydes is 1. The van der Waals surface area contributed by atoms with E-state index in [1.165, 1.54) is 54.6 Å². The second kappa shape index (κ2) is 26.3. The third-order valence-electron chi connectivity index (χ3n) is 5.25. The van der Waals surface area contributed by atoms with Crippen LogP contribution in [0.25, 0.3) is 0 Å². The molecular weight excluding hydrogens is 540 g/mol. The maximum absolute atomic E-state index is 12.6. The van der Waals surface area contributed by atoms with Crippen molar-refractivity contribution in [3.8, 4) is 0 Å². The molecule has 0 saturated carbocycles. The van der Waals surface area contributed by atoms with Crippen LogP contribution in [0.3, 0.4) is 0 Å². The van der Waals surface area contributed by atoms with Gasteiger partial charge in [0, 0.05) is 31.9 Å². The summed E-state index contributed by atoms with van der Waals surface area (Å²) in [5.41, 5.74) is 0. The Morgan fingerprint density at radius 1 is 0.821 bits per heavy atom. The Bertz CT molecular complexity index is 739. The molecule has 0 radical (unpaired) electrons. The summed E-state index contributed by atoms with van der Waals surface area (Å²) in [6.07, 6.45) is 8.04. The summed E-state index contributed by atoms with van der Waals surface area (Å²) < 4.78 is 0. The van der Waals surface area contributed by atoms with Gasteiger partial charge in [0.2, 0.25) is 17.7 Å². The van der Waals surface area contributed by atoms with Crippen molar-refractivity contribution in [2.45, 2.75) is 98.1 Å². The normalized spacial score (nSPS) is 11.8. The number of thioether (sulfide) groups is 2. The van der Waals surface area contributed by atoms with E-state index in [1.54, 1.807) is 20.9 Å². The molecule has 0 rings (SSSR count). The molecule has 12 heteroatoms. The Kier molecular flexibility index (Phi) is 26.5. The number of carbonyl (C=O) groups is 6. The zero-order valence-corrected chi connectivity index (χ0v) is 26.3. The largest absolute Gasteiger partial charge is 0.345 e. The molecule has 0 aliphatic heterocycles. The molecule has 0 aliphatic rings. The first-order valence-electron chi connectivity index (χ1n) is 13.8. The van der Waals surface area contributed by atoms with Gasteiger partial charge in [0.05, 0.1) is 19.1 Å². The molecule has 0 bridgehead atoms. The van der Waals surface area contributed by atoms with Crippen LogP contribution in [-0.2, 0) is 28.8 Å². The molecule has 39 heavy (non-hydrogen) atoms. The van der Waals surface area contributed by atoms with Crippen LogP contribution in [0.2, 0.25) is 0 Å². The Morgan fingerprint density at radius 3 is 1.90 bits per heavy atom. The summed E-state index contributed by atoms with van der Waals surface area (Å²) in [4.78, 5) is 70.5. The van der Waals surface area contributed by atoms with Crippen molar-refractivity contribution in [1.82, 2.24) is 20.9 Å². The predicted octanol–water partition coefficient (Wildman–Crippen LogP) is 2.93. The molecule has 0 aromatic rings. The van der Waals surface area contributed by atoms with Gasteiger partial charge in [-0.15, -0.1) is 0 Å². The van der Waals surface area contributed by atoms with Gasteiger partial charge in [-0.2, -0.15) is 0 Å². The van der Waals surface area contributed by atoms with Gasteiger partial charge in [-0.25, -0.2) is 0 Å². The molecule has 0 spiro atoms. The van der Waals surface area contributed by atoms with Gasteiger partial charge >= 0.3 is 0 Å². The van der Waals surface area contributed by atoms with Crippen LogP contribution in [0.1, 0.15) is 86.0 Å². The minimum atomic E-state index is -0.750. The number of nitrogens with zero attached hydrogens (tertiary/aromatic N) is 1.